The zero-order valence-corrected chi connectivity index (χ0v) is 16.2. The Labute approximate surface area is 159 Å². The van der Waals surface area contributed by atoms with E-state index in [2.05, 4.69) is 0 Å². The van der Waals surface area contributed by atoms with Crippen molar-refractivity contribution in [1.29, 1.82) is 0 Å². The maximum Gasteiger partial charge on any atom is 0.302 e. The van der Waals surface area contributed by atoms with Gasteiger partial charge < -0.3 is 14.4 Å². The Balaban J connectivity index is 2.33. The number of carbonyl (C=O) groups excluding carboxylic acids is 4. The Bertz CT molecular complexity index is 653. The fourth-order valence-corrected chi connectivity index (χ4v) is 2.34. The summed E-state index contributed by atoms with van der Waals surface area (Å²) < 4.78 is 10.1. The highest BCUT2D eigenvalue weighted by Gasteiger charge is 2.10. The zero-order valence-electron chi connectivity index (χ0n) is 16.2. The van der Waals surface area contributed by atoms with E-state index in [9.17, 15) is 19.2 Å². The maximum absolute atomic E-state index is 12.0. The number of Topliss-reactive ketones (excluding diaryl/α,β-unsaturated/α-hetero) is 2. The van der Waals surface area contributed by atoms with E-state index in [-0.39, 0.29) is 49.5 Å². The Hall–Kier alpha value is -2.54. The number of hydrogen-bond acceptors (Lipinski definition) is 6. The summed E-state index contributed by atoms with van der Waals surface area (Å²) in [5, 5.41) is 0. The molecule has 0 unspecified atom stereocenters. The molecule has 7 heteroatoms. The third-order valence-corrected chi connectivity index (χ3v) is 3.68. The fraction of sp³-hybridized carbons (Fsp3) is 0.500. The van der Waals surface area contributed by atoms with Crippen molar-refractivity contribution in [3.8, 4) is 0 Å². The van der Waals surface area contributed by atoms with Gasteiger partial charge in [-0.25, -0.2) is 0 Å². The molecule has 0 saturated carbocycles. The van der Waals surface area contributed by atoms with Gasteiger partial charge in [0.1, 0.15) is 18.2 Å². The first kappa shape index (κ1) is 22.5. The fourth-order valence-electron chi connectivity index (χ4n) is 2.34. The van der Waals surface area contributed by atoms with Crippen LogP contribution in [0.5, 0.6) is 0 Å². The zero-order chi connectivity index (χ0) is 20.2. The summed E-state index contributed by atoms with van der Waals surface area (Å²) in [5.74, 6) is -0.720. The van der Waals surface area contributed by atoms with Crippen LogP contribution in [0.25, 0.3) is 0 Å². The second kappa shape index (κ2) is 12.0. The number of rotatable bonds is 12. The van der Waals surface area contributed by atoms with Crippen molar-refractivity contribution in [3.05, 3.63) is 35.4 Å². The molecule has 0 heterocycles. The topological polar surface area (TPSA) is 90.0 Å². The molecule has 1 rings (SSSR count). The third-order valence-electron chi connectivity index (χ3n) is 3.68. The van der Waals surface area contributed by atoms with Gasteiger partial charge in [-0.1, -0.05) is 24.3 Å². The van der Waals surface area contributed by atoms with Gasteiger partial charge in [0.15, 0.2) is 0 Å². The lowest BCUT2D eigenvalue weighted by molar-refractivity contribution is -0.142. The Morgan fingerprint density at radius 1 is 0.963 bits per heavy atom. The van der Waals surface area contributed by atoms with Crippen LogP contribution in [-0.2, 0) is 41.6 Å². The van der Waals surface area contributed by atoms with Crippen molar-refractivity contribution >= 4 is 23.4 Å². The average Bonchev–Trinajstić information content (AvgIpc) is 2.58. The molecular formula is C20H27NO6. The maximum atomic E-state index is 12.0. The van der Waals surface area contributed by atoms with Crippen LogP contribution in [0, 0.1) is 0 Å². The van der Waals surface area contributed by atoms with Crippen molar-refractivity contribution in [2.24, 2.45) is 0 Å². The van der Waals surface area contributed by atoms with E-state index in [1.54, 1.807) is 11.9 Å². The van der Waals surface area contributed by atoms with Crippen molar-refractivity contribution in [1.82, 2.24) is 4.90 Å². The summed E-state index contributed by atoms with van der Waals surface area (Å²) in [6.45, 7) is 3.76. The van der Waals surface area contributed by atoms with Crippen molar-refractivity contribution < 1.29 is 28.7 Å². The van der Waals surface area contributed by atoms with Crippen LogP contribution in [0.3, 0.4) is 0 Å². The number of hydrogen-bond donors (Lipinski definition) is 0. The SMILES string of the molecule is CC(=O)CC(=O)Cc1ccc(CN(C)C(=O)COCCCOC(C)=O)cc1. The highest BCUT2D eigenvalue weighted by atomic mass is 16.5. The molecule has 0 atom stereocenters. The van der Waals surface area contributed by atoms with Crippen LogP contribution in [-0.4, -0.2) is 55.2 Å². The second-order valence-electron chi connectivity index (χ2n) is 6.41. The molecule has 0 fully saturated rings. The number of likely N-dealkylation sites (N-methyl/N-ethyl adjacent to an activating group) is 1. The molecule has 27 heavy (non-hydrogen) atoms. The molecule has 0 bridgehead atoms. The molecule has 1 amide bonds. The minimum atomic E-state index is -0.333. The standard InChI is InChI=1S/C20H27NO6/c1-15(22)11-19(24)12-17-5-7-18(8-6-17)13-21(3)20(25)14-26-9-4-10-27-16(2)23/h5-8H,4,9-14H2,1-3H3. The van der Waals surface area contributed by atoms with Gasteiger partial charge in [0.2, 0.25) is 5.91 Å². The van der Waals surface area contributed by atoms with Gasteiger partial charge in [-0.15, -0.1) is 0 Å². The van der Waals surface area contributed by atoms with Gasteiger partial charge in [0.25, 0.3) is 0 Å². The lowest BCUT2D eigenvalue weighted by Gasteiger charge is -2.17. The number of benzene rings is 1. The molecule has 0 radical (unpaired) electrons. The molecule has 0 aromatic heterocycles. The normalized spacial score (nSPS) is 10.3. The number of ether oxygens (including phenoxy) is 2. The molecule has 0 aliphatic heterocycles. The smallest absolute Gasteiger partial charge is 0.302 e. The Morgan fingerprint density at radius 3 is 2.19 bits per heavy atom. The molecule has 1 aromatic carbocycles. The molecule has 0 N–H and O–H groups in total. The lowest BCUT2D eigenvalue weighted by Crippen LogP contribution is -2.30. The summed E-state index contributed by atoms with van der Waals surface area (Å²) in [6, 6.07) is 7.38. The molecular weight excluding hydrogens is 350 g/mol. The van der Waals surface area contributed by atoms with Crippen LogP contribution >= 0.6 is 0 Å². The highest BCUT2D eigenvalue weighted by molar-refractivity contribution is 5.98. The first-order valence-electron chi connectivity index (χ1n) is 8.82. The minimum Gasteiger partial charge on any atom is -0.466 e. The second-order valence-corrected chi connectivity index (χ2v) is 6.41. The quantitative estimate of drug-likeness (QED) is 0.313. The van der Waals surface area contributed by atoms with Gasteiger partial charge in [0.05, 0.1) is 19.6 Å². The first-order chi connectivity index (χ1) is 12.8. The molecule has 0 aliphatic rings. The van der Waals surface area contributed by atoms with Crippen LogP contribution in [0.1, 0.15) is 37.8 Å². The van der Waals surface area contributed by atoms with Gasteiger partial charge in [-0.2, -0.15) is 0 Å². The number of amides is 1. The average molecular weight is 377 g/mol. The number of nitrogens with zero attached hydrogens (tertiary/aromatic N) is 1. The summed E-state index contributed by atoms with van der Waals surface area (Å²) in [6.07, 6.45) is 0.732. The van der Waals surface area contributed by atoms with Crippen LogP contribution in [0.15, 0.2) is 24.3 Å². The van der Waals surface area contributed by atoms with Gasteiger partial charge in [-0.05, 0) is 18.1 Å². The summed E-state index contributed by atoms with van der Waals surface area (Å²) in [7, 11) is 1.69. The summed E-state index contributed by atoms with van der Waals surface area (Å²) in [4.78, 5) is 46.8. The molecule has 0 aliphatic carbocycles. The largest absolute Gasteiger partial charge is 0.466 e. The van der Waals surface area contributed by atoms with E-state index in [1.807, 2.05) is 24.3 Å². The van der Waals surface area contributed by atoms with Crippen LogP contribution in [0.2, 0.25) is 0 Å². The van der Waals surface area contributed by atoms with E-state index < -0.39 is 0 Å². The monoisotopic (exact) mass is 377 g/mol. The molecule has 1 aromatic rings. The number of carbonyl (C=O) groups is 4. The highest BCUT2D eigenvalue weighted by Crippen LogP contribution is 2.09. The predicted octanol–water partition coefficient (Wildman–Crippen LogP) is 1.71. The third kappa shape index (κ3) is 10.3. The Kier molecular flexibility index (Phi) is 9.96. The summed E-state index contributed by atoms with van der Waals surface area (Å²) in [5.41, 5.74) is 1.78. The summed E-state index contributed by atoms with van der Waals surface area (Å²) >= 11 is 0. The predicted molar refractivity (Wildman–Crippen MR) is 99.0 cm³/mol. The molecule has 0 spiro atoms. The van der Waals surface area contributed by atoms with E-state index in [0.717, 1.165) is 11.1 Å². The van der Waals surface area contributed by atoms with Crippen molar-refractivity contribution in [2.45, 2.75) is 39.7 Å². The van der Waals surface area contributed by atoms with Crippen molar-refractivity contribution in [2.75, 3.05) is 26.9 Å². The van der Waals surface area contributed by atoms with E-state index in [1.165, 1.54) is 13.8 Å². The number of ketones is 2. The van der Waals surface area contributed by atoms with E-state index in [0.29, 0.717) is 19.6 Å². The van der Waals surface area contributed by atoms with Gasteiger partial charge in [0, 0.05) is 33.4 Å². The Morgan fingerprint density at radius 2 is 1.59 bits per heavy atom. The molecule has 7 nitrogen and oxygen atoms in total. The minimum absolute atomic E-state index is 0.0335. The number of esters is 1. The van der Waals surface area contributed by atoms with Crippen molar-refractivity contribution in [3.63, 3.8) is 0 Å². The van der Waals surface area contributed by atoms with Crippen LogP contribution < -0.4 is 0 Å². The lowest BCUT2D eigenvalue weighted by atomic mass is 10.0. The first-order valence-corrected chi connectivity index (χ1v) is 8.82. The molecule has 148 valence electrons. The molecule has 0 saturated heterocycles. The van der Waals surface area contributed by atoms with E-state index >= 15 is 0 Å². The van der Waals surface area contributed by atoms with Gasteiger partial charge >= 0.3 is 5.97 Å². The van der Waals surface area contributed by atoms with Gasteiger partial charge in [-0.3, -0.25) is 19.2 Å². The van der Waals surface area contributed by atoms with Crippen LogP contribution in [0.4, 0.5) is 0 Å². The van der Waals surface area contributed by atoms with E-state index in [4.69, 9.17) is 9.47 Å².